The number of carboxylic acid groups (broad SMARTS) is 1. The molecule has 0 radical (unpaired) electrons. The third-order valence-corrected chi connectivity index (χ3v) is 6.09. The molecule has 0 bridgehead atoms. The predicted octanol–water partition coefficient (Wildman–Crippen LogP) is 1.47. The van der Waals surface area contributed by atoms with E-state index < -0.39 is 21.7 Å². The zero-order chi connectivity index (χ0) is 16.0. The van der Waals surface area contributed by atoms with Gasteiger partial charge in [-0.05, 0) is 24.7 Å². The van der Waals surface area contributed by atoms with E-state index in [1.165, 1.54) is 11.2 Å². The van der Waals surface area contributed by atoms with Crippen LogP contribution in [0.15, 0.2) is 4.90 Å². The molecular weight excluding hydrogens is 294 g/mol. The van der Waals surface area contributed by atoms with Crippen LogP contribution in [0.25, 0.3) is 0 Å². The Kier molecular flexibility index (Phi) is 3.88. The van der Waals surface area contributed by atoms with Crippen LogP contribution in [0.3, 0.4) is 0 Å². The first-order valence-corrected chi connectivity index (χ1v) is 8.27. The van der Waals surface area contributed by atoms with E-state index in [1.54, 1.807) is 0 Å². The Morgan fingerprint density at radius 1 is 1.43 bits per heavy atom. The van der Waals surface area contributed by atoms with E-state index >= 15 is 0 Å². The van der Waals surface area contributed by atoms with Gasteiger partial charge in [-0.2, -0.15) is 9.40 Å². The molecule has 2 rings (SSSR count). The van der Waals surface area contributed by atoms with Crippen molar-refractivity contribution in [3.63, 3.8) is 0 Å². The van der Waals surface area contributed by atoms with Gasteiger partial charge in [-0.25, -0.2) is 13.2 Å². The van der Waals surface area contributed by atoms with Crippen molar-refractivity contribution < 1.29 is 18.3 Å². The molecule has 0 aliphatic carbocycles. The lowest BCUT2D eigenvalue weighted by molar-refractivity contribution is 0.0686. The highest BCUT2D eigenvalue weighted by Gasteiger charge is 2.40. The van der Waals surface area contributed by atoms with Crippen molar-refractivity contribution in [2.45, 2.75) is 39.0 Å². The summed E-state index contributed by atoms with van der Waals surface area (Å²) in [6.07, 6.45) is 0.780. The van der Waals surface area contributed by atoms with Gasteiger partial charge in [0.05, 0.1) is 5.69 Å². The standard InChI is InChI=1S/C13H21N3O4S/c1-8-11(10(12(17)18)15-14-8)21(19,20)16-6-5-9(7-16)13(2,3)4/h9H,5-7H2,1-4H3,(H,14,15)(H,17,18). The van der Waals surface area contributed by atoms with E-state index in [1.807, 2.05) is 0 Å². The molecule has 1 saturated heterocycles. The molecule has 0 amide bonds. The fraction of sp³-hybridized carbons (Fsp3) is 0.692. The molecule has 1 aliphatic rings. The highest BCUT2D eigenvalue weighted by atomic mass is 32.2. The van der Waals surface area contributed by atoms with E-state index in [0.717, 1.165) is 6.42 Å². The van der Waals surface area contributed by atoms with E-state index in [4.69, 9.17) is 5.11 Å². The minimum absolute atomic E-state index is 0.0192. The van der Waals surface area contributed by atoms with Gasteiger partial charge < -0.3 is 5.11 Å². The Labute approximate surface area is 124 Å². The molecule has 0 spiro atoms. The summed E-state index contributed by atoms with van der Waals surface area (Å²) in [7, 11) is -3.84. The molecule has 1 aromatic heterocycles. The van der Waals surface area contributed by atoms with Gasteiger partial charge in [-0.15, -0.1) is 0 Å². The van der Waals surface area contributed by atoms with Crippen LogP contribution in [0.5, 0.6) is 0 Å². The predicted molar refractivity (Wildman–Crippen MR) is 76.6 cm³/mol. The monoisotopic (exact) mass is 315 g/mol. The fourth-order valence-electron chi connectivity index (χ4n) is 2.66. The van der Waals surface area contributed by atoms with E-state index in [0.29, 0.717) is 13.1 Å². The molecule has 0 saturated carbocycles. The fourth-order valence-corrected chi connectivity index (χ4v) is 4.45. The Balaban J connectivity index is 2.37. The quantitative estimate of drug-likeness (QED) is 0.879. The second-order valence-corrected chi connectivity index (χ2v) is 8.42. The number of aryl methyl sites for hydroxylation is 1. The topological polar surface area (TPSA) is 103 Å². The van der Waals surface area contributed by atoms with Gasteiger partial charge in [0.25, 0.3) is 0 Å². The summed E-state index contributed by atoms with van der Waals surface area (Å²) >= 11 is 0. The number of H-pyrrole nitrogens is 1. The molecule has 1 unspecified atom stereocenters. The van der Waals surface area contributed by atoms with Crippen LogP contribution in [-0.2, 0) is 10.0 Å². The first-order chi connectivity index (χ1) is 9.55. The summed E-state index contributed by atoms with van der Waals surface area (Å²) in [5, 5.41) is 15.1. The highest BCUT2D eigenvalue weighted by Crippen LogP contribution is 2.36. The van der Waals surface area contributed by atoms with E-state index in [2.05, 4.69) is 31.0 Å². The summed E-state index contributed by atoms with van der Waals surface area (Å²) in [5.74, 6) is -1.09. The van der Waals surface area contributed by atoms with Crippen LogP contribution in [0.4, 0.5) is 0 Å². The number of hydrogen-bond acceptors (Lipinski definition) is 4. The Bertz CT molecular complexity index is 657. The van der Waals surface area contributed by atoms with Gasteiger partial charge in [-0.1, -0.05) is 20.8 Å². The van der Waals surface area contributed by atoms with Gasteiger partial charge in [0, 0.05) is 13.1 Å². The molecule has 2 heterocycles. The molecule has 21 heavy (non-hydrogen) atoms. The minimum Gasteiger partial charge on any atom is -0.476 e. The van der Waals surface area contributed by atoms with Crippen molar-refractivity contribution in [3.05, 3.63) is 11.4 Å². The number of sulfonamides is 1. The first kappa shape index (κ1) is 16.0. The average molecular weight is 315 g/mol. The van der Waals surface area contributed by atoms with Crippen LogP contribution in [-0.4, -0.2) is 47.1 Å². The molecule has 1 aromatic rings. The Hall–Kier alpha value is -1.41. The molecule has 7 nitrogen and oxygen atoms in total. The molecule has 1 aliphatic heterocycles. The molecule has 1 fully saturated rings. The highest BCUT2D eigenvalue weighted by molar-refractivity contribution is 7.89. The van der Waals surface area contributed by atoms with Gasteiger partial charge in [0.15, 0.2) is 5.69 Å². The van der Waals surface area contributed by atoms with Crippen molar-refractivity contribution in [1.82, 2.24) is 14.5 Å². The lowest BCUT2D eigenvalue weighted by Crippen LogP contribution is -2.32. The average Bonchev–Trinajstić information content (AvgIpc) is 2.93. The third kappa shape index (κ3) is 2.82. The SMILES string of the molecule is Cc1[nH]nc(C(=O)O)c1S(=O)(=O)N1CCC(C(C)(C)C)C1. The maximum atomic E-state index is 12.7. The van der Waals surface area contributed by atoms with Crippen LogP contribution in [0.2, 0.25) is 0 Å². The van der Waals surface area contributed by atoms with Crippen molar-refractivity contribution in [3.8, 4) is 0 Å². The number of nitrogens with zero attached hydrogens (tertiary/aromatic N) is 2. The smallest absolute Gasteiger partial charge is 0.357 e. The molecule has 1 atom stereocenters. The number of aromatic nitrogens is 2. The maximum Gasteiger partial charge on any atom is 0.357 e. The van der Waals surface area contributed by atoms with Crippen LogP contribution < -0.4 is 0 Å². The summed E-state index contributed by atoms with van der Waals surface area (Å²) < 4.78 is 26.8. The summed E-state index contributed by atoms with van der Waals surface area (Å²) in [4.78, 5) is 10.9. The number of aromatic amines is 1. The van der Waals surface area contributed by atoms with Crippen LogP contribution in [0, 0.1) is 18.3 Å². The number of carbonyl (C=O) groups is 1. The molecule has 118 valence electrons. The number of aromatic carboxylic acids is 1. The number of hydrogen-bond donors (Lipinski definition) is 2. The Morgan fingerprint density at radius 3 is 2.52 bits per heavy atom. The molecule has 8 heteroatoms. The normalized spacial score (nSPS) is 20.9. The lowest BCUT2D eigenvalue weighted by Gasteiger charge is -2.26. The second-order valence-electron chi connectivity index (χ2n) is 6.55. The zero-order valence-corrected chi connectivity index (χ0v) is 13.5. The van der Waals surface area contributed by atoms with E-state index in [-0.39, 0.29) is 21.9 Å². The van der Waals surface area contributed by atoms with Crippen molar-refractivity contribution in [2.24, 2.45) is 11.3 Å². The number of nitrogens with one attached hydrogen (secondary N) is 1. The molecule has 2 N–H and O–H groups in total. The van der Waals surface area contributed by atoms with Gasteiger partial charge in [0.1, 0.15) is 4.90 Å². The van der Waals surface area contributed by atoms with Crippen molar-refractivity contribution in [2.75, 3.05) is 13.1 Å². The van der Waals surface area contributed by atoms with E-state index in [9.17, 15) is 13.2 Å². The van der Waals surface area contributed by atoms with Gasteiger partial charge in [-0.3, -0.25) is 5.10 Å². The largest absolute Gasteiger partial charge is 0.476 e. The second kappa shape index (κ2) is 5.10. The molecule has 0 aromatic carbocycles. The van der Waals surface area contributed by atoms with Crippen molar-refractivity contribution in [1.29, 1.82) is 0 Å². The van der Waals surface area contributed by atoms with Gasteiger partial charge in [0.2, 0.25) is 10.0 Å². The number of rotatable bonds is 3. The van der Waals surface area contributed by atoms with Crippen molar-refractivity contribution >= 4 is 16.0 Å². The van der Waals surface area contributed by atoms with Gasteiger partial charge >= 0.3 is 5.97 Å². The third-order valence-electron chi connectivity index (χ3n) is 4.07. The zero-order valence-electron chi connectivity index (χ0n) is 12.7. The summed E-state index contributed by atoms with van der Waals surface area (Å²) in [6.45, 7) is 8.59. The maximum absolute atomic E-state index is 12.7. The lowest BCUT2D eigenvalue weighted by atomic mass is 9.80. The first-order valence-electron chi connectivity index (χ1n) is 6.83. The van der Waals surface area contributed by atoms with Crippen LogP contribution in [0.1, 0.15) is 43.4 Å². The van der Waals surface area contributed by atoms with Crippen LogP contribution >= 0.6 is 0 Å². The minimum atomic E-state index is -3.84. The molecular formula is C13H21N3O4S. The summed E-state index contributed by atoms with van der Waals surface area (Å²) in [5.41, 5.74) is -0.163. The number of carboxylic acids is 1. The summed E-state index contributed by atoms with van der Waals surface area (Å²) in [6, 6.07) is 0. The Morgan fingerprint density at radius 2 is 2.05 bits per heavy atom.